The summed E-state index contributed by atoms with van der Waals surface area (Å²) in [5.74, 6) is -1.18. The second kappa shape index (κ2) is 7.10. The Morgan fingerprint density at radius 3 is 2.50 bits per heavy atom. The molecule has 0 bridgehead atoms. The van der Waals surface area contributed by atoms with Gasteiger partial charge in [-0.05, 0) is 0 Å². The Morgan fingerprint density at radius 2 is 2.07 bits per heavy atom. The van der Waals surface area contributed by atoms with Gasteiger partial charge >= 0.3 is 12.0 Å². The number of carboxylic acid groups (broad SMARTS) is 1. The van der Waals surface area contributed by atoms with E-state index in [2.05, 4.69) is 10.6 Å². The van der Waals surface area contributed by atoms with Gasteiger partial charge in [0.25, 0.3) is 0 Å². The molecule has 0 aliphatic carbocycles. The molecule has 0 aliphatic rings. The van der Waals surface area contributed by atoms with Crippen molar-refractivity contribution in [2.75, 3.05) is 19.7 Å². The van der Waals surface area contributed by atoms with Crippen LogP contribution in [0.25, 0.3) is 0 Å². The fourth-order valence-corrected chi connectivity index (χ4v) is 0.781. The van der Waals surface area contributed by atoms with Gasteiger partial charge in [-0.3, -0.25) is 0 Å². The number of amides is 2. The molecule has 0 aliphatic heterocycles. The first-order valence-electron chi connectivity index (χ1n) is 4.20. The predicted octanol–water partition coefficient (Wildman–Crippen LogP) is -1.92. The van der Waals surface area contributed by atoms with E-state index in [4.69, 9.17) is 15.9 Å². The van der Waals surface area contributed by atoms with Crippen molar-refractivity contribution >= 4 is 12.0 Å². The summed E-state index contributed by atoms with van der Waals surface area (Å²) in [6, 6.07) is -1.67. The Morgan fingerprint density at radius 1 is 1.43 bits per heavy atom. The Balaban J connectivity index is 3.90. The molecule has 82 valence electrons. The lowest BCUT2D eigenvalue weighted by molar-refractivity contribution is -0.139. The number of aliphatic hydroxyl groups excluding tert-OH is 1. The molecule has 0 rings (SSSR count). The fraction of sp³-hybridized carbons (Fsp3) is 0.714. The monoisotopic (exact) mass is 205 g/mol. The van der Waals surface area contributed by atoms with Crippen LogP contribution in [0.5, 0.6) is 0 Å². The second-order valence-electron chi connectivity index (χ2n) is 2.59. The highest BCUT2D eigenvalue weighted by Crippen LogP contribution is 1.90. The molecular formula is C7H15N3O4. The van der Waals surface area contributed by atoms with Crippen molar-refractivity contribution in [2.45, 2.75) is 12.5 Å². The third kappa shape index (κ3) is 5.33. The summed E-state index contributed by atoms with van der Waals surface area (Å²) in [5, 5.41) is 21.7. The maximum absolute atomic E-state index is 11.0. The van der Waals surface area contributed by atoms with E-state index in [0.717, 1.165) is 0 Å². The molecule has 14 heavy (non-hydrogen) atoms. The molecule has 0 aromatic heterocycles. The maximum atomic E-state index is 11.0. The molecule has 0 fully saturated rings. The zero-order chi connectivity index (χ0) is 11.0. The number of nitrogens with one attached hydrogen (secondary N) is 2. The van der Waals surface area contributed by atoms with Crippen LogP contribution in [-0.2, 0) is 4.79 Å². The first-order valence-corrected chi connectivity index (χ1v) is 4.20. The van der Waals surface area contributed by atoms with Gasteiger partial charge in [0.15, 0.2) is 0 Å². The molecule has 1 atom stereocenters. The summed E-state index contributed by atoms with van der Waals surface area (Å²) >= 11 is 0. The molecule has 0 spiro atoms. The molecule has 7 nitrogen and oxygen atoms in total. The average Bonchev–Trinajstić information content (AvgIpc) is 2.14. The normalized spacial score (nSPS) is 11.9. The van der Waals surface area contributed by atoms with E-state index in [0.29, 0.717) is 0 Å². The number of nitrogens with two attached hydrogens (primary N) is 1. The number of aliphatic carboxylic acids is 1. The van der Waals surface area contributed by atoms with Crippen LogP contribution in [0.2, 0.25) is 0 Å². The Bertz CT molecular complexity index is 197. The fourth-order valence-electron chi connectivity index (χ4n) is 0.781. The van der Waals surface area contributed by atoms with E-state index in [1.807, 2.05) is 0 Å². The standard InChI is InChI=1S/C7H15N3O4/c8-2-3-9-7(14)10-5(1-4-11)6(12)13/h5,11H,1-4,8H2,(H,12,13)(H2,9,10,14)/t5-/m0/s1. The van der Waals surface area contributed by atoms with Crippen LogP contribution >= 0.6 is 0 Å². The van der Waals surface area contributed by atoms with Gasteiger partial charge in [0, 0.05) is 26.1 Å². The van der Waals surface area contributed by atoms with E-state index >= 15 is 0 Å². The minimum Gasteiger partial charge on any atom is -0.480 e. The molecule has 0 heterocycles. The van der Waals surface area contributed by atoms with Crippen LogP contribution in [-0.4, -0.2) is 48.0 Å². The number of hydrogen-bond donors (Lipinski definition) is 5. The largest absolute Gasteiger partial charge is 0.480 e. The van der Waals surface area contributed by atoms with Crippen LogP contribution in [0, 0.1) is 0 Å². The van der Waals surface area contributed by atoms with Crippen molar-refractivity contribution in [1.29, 1.82) is 0 Å². The summed E-state index contributed by atoms with van der Waals surface area (Å²) in [4.78, 5) is 21.5. The number of carboxylic acids is 1. The molecule has 0 unspecified atom stereocenters. The number of hydrogen-bond acceptors (Lipinski definition) is 4. The highest BCUT2D eigenvalue weighted by Gasteiger charge is 2.18. The van der Waals surface area contributed by atoms with E-state index in [1.165, 1.54) is 0 Å². The van der Waals surface area contributed by atoms with Gasteiger partial charge in [0.2, 0.25) is 0 Å². The smallest absolute Gasteiger partial charge is 0.326 e. The number of urea groups is 1. The number of aliphatic hydroxyl groups is 1. The minimum absolute atomic E-state index is 0.0224. The number of rotatable bonds is 6. The van der Waals surface area contributed by atoms with Crippen molar-refractivity contribution < 1.29 is 19.8 Å². The Hall–Kier alpha value is -1.34. The molecule has 0 saturated heterocycles. The lowest BCUT2D eigenvalue weighted by Gasteiger charge is -2.13. The van der Waals surface area contributed by atoms with Crippen molar-refractivity contribution in [3.63, 3.8) is 0 Å². The maximum Gasteiger partial charge on any atom is 0.326 e. The van der Waals surface area contributed by atoms with Crippen LogP contribution in [0.1, 0.15) is 6.42 Å². The van der Waals surface area contributed by atoms with Crippen LogP contribution in [0.4, 0.5) is 4.79 Å². The first kappa shape index (κ1) is 12.7. The first-order chi connectivity index (χ1) is 6.61. The van der Waals surface area contributed by atoms with Crippen molar-refractivity contribution in [2.24, 2.45) is 5.73 Å². The lowest BCUT2D eigenvalue weighted by Crippen LogP contribution is -2.47. The molecule has 2 amide bonds. The van der Waals surface area contributed by atoms with Crippen molar-refractivity contribution in [1.82, 2.24) is 10.6 Å². The molecule has 0 saturated carbocycles. The van der Waals surface area contributed by atoms with Crippen LogP contribution < -0.4 is 16.4 Å². The summed E-state index contributed by atoms with van der Waals surface area (Å²) in [6.07, 6.45) is -0.0224. The molecular weight excluding hydrogens is 190 g/mol. The van der Waals surface area contributed by atoms with Crippen molar-refractivity contribution in [3.8, 4) is 0 Å². The van der Waals surface area contributed by atoms with Crippen LogP contribution in [0.3, 0.4) is 0 Å². The van der Waals surface area contributed by atoms with E-state index in [1.54, 1.807) is 0 Å². The topological polar surface area (TPSA) is 125 Å². The predicted molar refractivity (Wildman–Crippen MR) is 48.7 cm³/mol. The third-order valence-electron chi connectivity index (χ3n) is 1.45. The quantitative estimate of drug-likeness (QED) is 0.345. The second-order valence-corrected chi connectivity index (χ2v) is 2.59. The molecule has 0 aromatic rings. The average molecular weight is 205 g/mol. The number of carbonyl (C=O) groups excluding carboxylic acids is 1. The van der Waals surface area contributed by atoms with E-state index in [9.17, 15) is 9.59 Å². The van der Waals surface area contributed by atoms with Gasteiger partial charge in [-0.1, -0.05) is 0 Å². The summed E-state index contributed by atoms with van der Waals surface area (Å²) in [6.45, 7) is 0.261. The summed E-state index contributed by atoms with van der Waals surface area (Å²) in [7, 11) is 0. The summed E-state index contributed by atoms with van der Waals surface area (Å²) < 4.78 is 0. The molecule has 0 aromatic carbocycles. The van der Waals surface area contributed by atoms with Gasteiger partial charge in [-0.15, -0.1) is 0 Å². The zero-order valence-corrected chi connectivity index (χ0v) is 7.69. The Kier molecular flexibility index (Phi) is 6.42. The van der Waals surface area contributed by atoms with Gasteiger partial charge in [-0.25, -0.2) is 9.59 Å². The van der Waals surface area contributed by atoms with Gasteiger partial charge < -0.3 is 26.6 Å². The lowest BCUT2D eigenvalue weighted by atomic mass is 10.2. The molecule has 6 N–H and O–H groups in total. The number of carbonyl (C=O) groups is 2. The van der Waals surface area contributed by atoms with Crippen molar-refractivity contribution in [3.05, 3.63) is 0 Å². The van der Waals surface area contributed by atoms with E-state index < -0.39 is 18.0 Å². The summed E-state index contributed by atoms with van der Waals surface area (Å²) in [5.41, 5.74) is 5.13. The third-order valence-corrected chi connectivity index (χ3v) is 1.45. The minimum atomic E-state index is -1.18. The van der Waals surface area contributed by atoms with Crippen LogP contribution in [0.15, 0.2) is 0 Å². The molecule has 0 radical (unpaired) electrons. The highest BCUT2D eigenvalue weighted by atomic mass is 16.4. The van der Waals surface area contributed by atoms with E-state index in [-0.39, 0.29) is 26.1 Å². The Labute approximate surface area is 81.3 Å². The van der Waals surface area contributed by atoms with Gasteiger partial charge in [0.1, 0.15) is 6.04 Å². The zero-order valence-electron chi connectivity index (χ0n) is 7.69. The SMILES string of the molecule is NCCNC(=O)N[C@@H](CCO)C(=O)O. The molecule has 7 heteroatoms. The van der Waals surface area contributed by atoms with Gasteiger partial charge in [0.05, 0.1) is 0 Å². The highest BCUT2D eigenvalue weighted by molar-refractivity contribution is 5.82. The van der Waals surface area contributed by atoms with Gasteiger partial charge in [-0.2, -0.15) is 0 Å².